The number of carbonyl (C=O) groups excluding carboxylic acids is 2. The lowest BCUT2D eigenvalue weighted by Gasteiger charge is -2.23. The SMILES string of the molecule is CC(C)(C)C(=O)OC(OC(=O)C(C)(C)C)O[P+](=O)[C@@H](CCc1cccc(Oc2ccccc2)c1)CS(=O)(=O)O. The van der Waals surface area contributed by atoms with E-state index in [0.717, 1.165) is 5.56 Å². The van der Waals surface area contributed by atoms with Gasteiger partial charge in [-0.1, -0.05) is 34.9 Å². The average molecular weight is 584 g/mol. The maximum absolute atomic E-state index is 13.2. The van der Waals surface area contributed by atoms with Gasteiger partial charge in [0, 0.05) is 6.42 Å². The third kappa shape index (κ3) is 11.8. The van der Waals surface area contributed by atoms with Crippen molar-refractivity contribution in [3.63, 3.8) is 0 Å². The van der Waals surface area contributed by atoms with Crippen molar-refractivity contribution in [2.45, 2.75) is 66.5 Å². The molecule has 214 valence electrons. The zero-order valence-electron chi connectivity index (χ0n) is 22.9. The number of ether oxygens (including phenoxy) is 3. The van der Waals surface area contributed by atoms with Crippen LogP contribution in [-0.4, -0.2) is 42.8 Å². The van der Waals surface area contributed by atoms with E-state index in [2.05, 4.69) is 0 Å². The van der Waals surface area contributed by atoms with E-state index >= 15 is 0 Å². The lowest BCUT2D eigenvalue weighted by molar-refractivity contribution is -0.243. The van der Waals surface area contributed by atoms with E-state index in [1.807, 2.05) is 18.2 Å². The van der Waals surface area contributed by atoms with Crippen LogP contribution in [-0.2, 0) is 44.7 Å². The van der Waals surface area contributed by atoms with Crippen molar-refractivity contribution in [1.29, 1.82) is 0 Å². The molecule has 0 fully saturated rings. The molecule has 0 spiro atoms. The third-order valence-electron chi connectivity index (χ3n) is 5.17. The molecule has 1 N–H and O–H groups in total. The molecule has 0 heterocycles. The summed E-state index contributed by atoms with van der Waals surface area (Å²) < 4.78 is 67.5. The third-order valence-corrected chi connectivity index (χ3v) is 7.65. The number of hydrogen-bond acceptors (Lipinski definition) is 9. The molecular formula is C27H36O10PS+. The van der Waals surface area contributed by atoms with Crippen LogP contribution < -0.4 is 4.74 Å². The van der Waals surface area contributed by atoms with Crippen LogP contribution >= 0.6 is 8.03 Å². The largest absolute Gasteiger partial charge is 0.519 e. The topological polar surface area (TPSA) is 142 Å². The molecule has 0 bridgehead atoms. The molecule has 0 aromatic heterocycles. The number of carbonyl (C=O) groups is 2. The van der Waals surface area contributed by atoms with Crippen molar-refractivity contribution >= 4 is 30.1 Å². The molecule has 2 atom stereocenters. The van der Waals surface area contributed by atoms with Gasteiger partial charge in [0.05, 0.1) is 10.8 Å². The van der Waals surface area contributed by atoms with Gasteiger partial charge < -0.3 is 14.2 Å². The number of benzene rings is 2. The normalized spacial score (nSPS) is 13.5. The minimum absolute atomic E-state index is 0.0109. The first-order valence-corrected chi connectivity index (χ1v) is 15.1. The Bertz CT molecular complexity index is 1220. The number of aryl methyl sites for hydroxylation is 1. The van der Waals surface area contributed by atoms with Crippen molar-refractivity contribution in [2.24, 2.45) is 10.8 Å². The van der Waals surface area contributed by atoms with Crippen molar-refractivity contribution in [3.8, 4) is 11.5 Å². The fraction of sp³-hybridized carbons (Fsp3) is 0.481. The van der Waals surface area contributed by atoms with Gasteiger partial charge in [0.2, 0.25) is 5.66 Å². The molecular weight excluding hydrogens is 547 g/mol. The second-order valence-corrected chi connectivity index (χ2v) is 14.0. The van der Waals surface area contributed by atoms with Crippen LogP contribution in [0.2, 0.25) is 0 Å². The average Bonchev–Trinajstić information content (AvgIpc) is 2.80. The van der Waals surface area contributed by atoms with Crippen LogP contribution in [0, 0.1) is 10.8 Å². The molecule has 0 aliphatic heterocycles. The van der Waals surface area contributed by atoms with Crippen LogP contribution in [0.5, 0.6) is 11.5 Å². The van der Waals surface area contributed by atoms with Gasteiger partial charge in [-0.2, -0.15) is 8.42 Å². The molecule has 0 aliphatic rings. The minimum Gasteiger partial charge on any atom is -0.457 e. The van der Waals surface area contributed by atoms with Gasteiger partial charge in [-0.15, -0.1) is 0 Å². The number of rotatable bonds is 12. The summed E-state index contributed by atoms with van der Waals surface area (Å²) in [6.45, 7) is 7.41. The molecule has 0 aliphatic carbocycles. The highest BCUT2D eigenvalue weighted by molar-refractivity contribution is 7.86. The summed E-state index contributed by atoms with van der Waals surface area (Å²) in [6, 6.07) is 16.2. The van der Waals surface area contributed by atoms with Gasteiger partial charge in [0.25, 0.3) is 10.1 Å². The van der Waals surface area contributed by atoms with E-state index in [1.165, 1.54) is 0 Å². The Morgan fingerprint density at radius 1 is 0.872 bits per heavy atom. The molecule has 0 radical (unpaired) electrons. The first kappa shape index (κ1) is 32.4. The summed E-state index contributed by atoms with van der Waals surface area (Å²) in [5.41, 5.74) is -2.45. The number of hydrogen-bond donors (Lipinski definition) is 1. The summed E-state index contributed by atoms with van der Waals surface area (Å²) in [5, 5.41) is 0. The predicted octanol–water partition coefficient (Wildman–Crippen LogP) is 5.89. The Morgan fingerprint density at radius 3 is 1.92 bits per heavy atom. The van der Waals surface area contributed by atoms with Gasteiger partial charge in [-0.3, -0.25) is 14.1 Å². The first-order valence-electron chi connectivity index (χ1n) is 12.3. The Kier molecular flexibility index (Phi) is 11.2. The smallest absolute Gasteiger partial charge is 0.457 e. The van der Waals surface area contributed by atoms with Crippen molar-refractivity contribution < 1.29 is 45.9 Å². The van der Waals surface area contributed by atoms with E-state index in [9.17, 15) is 27.1 Å². The fourth-order valence-corrected chi connectivity index (χ4v) is 5.45. The van der Waals surface area contributed by atoms with E-state index in [4.69, 9.17) is 18.7 Å². The molecule has 12 heteroatoms. The van der Waals surface area contributed by atoms with Crippen LogP contribution in [0.4, 0.5) is 0 Å². The van der Waals surface area contributed by atoms with E-state index in [-0.39, 0.29) is 12.8 Å². The predicted molar refractivity (Wildman–Crippen MR) is 145 cm³/mol. The maximum atomic E-state index is 13.2. The summed E-state index contributed by atoms with van der Waals surface area (Å²) in [4.78, 5) is 24.8. The van der Waals surface area contributed by atoms with E-state index in [0.29, 0.717) is 11.5 Å². The Morgan fingerprint density at radius 2 is 1.41 bits per heavy atom. The number of esters is 2. The molecule has 1 unspecified atom stereocenters. The van der Waals surface area contributed by atoms with Crippen LogP contribution in [0.25, 0.3) is 0 Å². The standard InChI is InChI=1S/C27H35O10PS/c1-26(2,3)23(28)35-25(36-24(29)27(4,5)6)37-38(30)22(18-39(31,32)33)16-15-19-11-10-14-21(17-19)34-20-12-8-7-9-13-20/h7-14,17,22,25H,15-16,18H2,1-6H3/p+1/t22-/m0/s1. The van der Waals surface area contributed by atoms with Gasteiger partial charge in [-0.05, 0) is 82.4 Å². The molecule has 39 heavy (non-hydrogen) atoms. The molecule has 0 amide bonds. The summed E-state index contributed by atoms with van der Waals surface area (Å²) in [7, 11) is -7.45. The Labute approximate surface area is 230 Å². The van der Waals surface area contributed by atoms with Crippen molar-refractivity contribution in [3.05, 3.63) is 60.2 Å². The highest BCUT2D eigenvalue weighted by Crippen LogP contribution is 2.37. The zero-order chi connectivity index (χ0) is 29.4. The van der Waals surface area contributed by atoms with Crippen LogP contribution in [0.3, 0.4) is 0 Å². The molecule has 0 saturated heterocycles. The minimum atomic E-state index is -4.55. The van der Waals surface area contributed by atoms with Gasteiger partial charge in [0.15, 0.2) is 0 Å². The van der Waals surface area contributed by atoms with Crippen LogP contribution in [0.15, 0.2) is 54.6 Å². The van der Waals surface area contributed by atoms with E-state index in [1.54, 1.807) is 77.9 Å². The molecule has 0 saturated carbocycles. The Balaban J connectivity index is 2.19. The highest BCUT2D eigenvalue weighted by Gasteiger charge is 2.43. The summed E-state index contributed by atoms with van der Waals surface area (Å²) >= 11 is 0. The Hall–Kier alpha value is -2.85. The van der Waals surface area contributed by atoms with Gasteiger partial charge >= 0.3 is 26.4 Å². The molecule has 2 aromatic carbocycles. The highest BCUT2D eigenvalue weighted by atomic mass is 32.2. The lowest BCUT2D eigenvalue weighted by atomic mass is 9.97. The lowest BCUT2D eigenvalue weighted by Crippen LogP contribution is -2.35. The first-order chi connectivity index (χ1) is 17.9. The zero-order valence-corrected chi connectivity index (χ0v) is 24.7. The van der Waals surface area contributed by atoms with E-state index < -0.39 is 58.8 Å². The fourth-order valence-electron chi connectivity index (χ4n) is 2.98. The quantitative estimate of drug-likeness (QED) is 0.139. The van der Waals surface area contributed by atoms with Gasteiger partial charge in [0.1, 0.15) is 17.3 Å². The monoisotopic (exact) mass is 583 g/mol. The van der Waals surface area contributed by atoms with Crippen molar-refractivity contribution in [1.82, 2.24) is 0 Å². The van der Waals surface area contributed by atoms with Crippen LogP contribution in [0.1, 0.15) is 53.5 Å². The molecule has 10 nitrogen and oxygen atoms in total. The number of para-hydroxylation sites is 1. The second-order valence-electron chi connectivity index (χ2n) is 11.0. The summed E-state index contributed by atoms with van der Waals surface area (Å²) in [6.07, 6.45) is 0.266. The summed E-state index contributed by atoms with van der Waals surface area (Å²) in [5.74, 6) is -1.28. The maximum Gasteiger partial charge on any atom is 0.519 e. The van der Waals surface area contributed by atoms with Crippen molar-refractivity contribution in [2.75, 3.05) is 5.75 Å². The molecule has 2 rings (SSSR count). The van der Waals surface area contributed by atoms with Gasteiger partial charge in [-0.25, -0.2) is 0 Å². The molecule has 2 aromatic rings. The second kappa shape index (κ2) is 13.5.